The average Bonchev–Trinajstić information content (AvgIpc) is 3.00. The van der Waals surface area contributed by atoms with E-state index in [0.29, 0.717) is 11.5 Å². The quantitative estimate of drug-likeness (QED) is 0.634. The van der Waals surface area contributed by atoms with Gasteiger partial charge in [-0.25, -0.2) is 4.98 Å². The molecule has 1 amide bonds. The predicted molar refractivity (Wildman–Crippen MR) is 111 cm³/mol. The Morgan fingerprint density at radius 1 is 1.00 bits per heavy atom. The minimum absolute atomic E-state index is 0.133. The van der Waals surface area contributed by atoms with Crippen molar-refractivity contribution in [3.05, 3.63) is 74.2 Å². The molecule has 1 N–H and O–H groups in total. The number of ether oxygens (including phenoxy) is 1. The summed E-state index contributed by atoms with van der Waals surface area (Å²) in [7, 11) is 0. The number of nitrogens with zero attached hydrogens (tertiary/aromatic N) is 1. The van der Waals surface area contributed by atoms with Gasteiger partial charge in [0.05, 0.1) is 5.69 Å². The van der Waals surface area contributed by atoms with Gasteiger partial charge < -0.3 is 10.1 Å². The maximum absolute atomic E-state index is 12.6. The van der Waals surface area contributed by atoms with E-state index in [2.05, 4.69) is 23.3 Å². The summed E-state index contributed by atoms with van der Waals surface area (Å²) in [5, 5.41) is 3.75. The standard InChI is InChI=1S/C22H24N2O2S/c1-13-6-7-15(3)19(10-13)26-12-20-23-17(5)21(27-20)22(25)24-18-9-8-14(2)16(4)11-18/h6-11H,12H2,1-5H3,(H,24,25). The molecule has 0 aliphatic rings. The summed E-state index contributed by atoms with van der Waals surface area (Å²) in [5.74, 6) is 0.718. The Bertz CT molecular complexity index is 992. The average molecular weight is 381 g/mol. The third-order valence-corrected chi connectivity index (χ3v) is 5.64. The van der Waals surface area contributed by atoms with E-state index in [9.17, 15) is 4.79 Å². The lowest BCUT2D eigenvalue weighted by molar-refractivity contribution is 0.103. The molecule has 3 rings (SSSR count). The highest BCUT2D eigenvalue weighted by atomic mass is 32.1. The fourth-order valence-corrected chi connectivity index (χ4v) is 3.61. The van der Waals surface area contributed by atoms with Gasteiger partial charge in [0, 0.05) is 5.69 Å². The van der Waals surface area contributed by atoms with Gasteiger partial charge in [0.25, 0.3) is 5.91 Å². The van der Waals surface area contributed by atoms with Crippen LogP contribution < -0.4 is 10.1 Å². The summed E-state index contributed by atoms with van der Waals surface area (Å²) in [5.41, 5.74) is 6.11. The Labute approximate surface area is 164 Å². The van der Waals surface area contributed by atoms with E-state index in [1.54, 1.807) is 0 Å². The number of aryl methyl sites for hydroxylation is 5. The molecule has 0 atom stereocenters. The number of hydrogen-bond donors (Lipinski definition) is 1. The first kappa shape index (κ1) is 19.1. The van der Waals surface area contributed by atoms with Crippen molar-refractivity contribution in [2.24, 2.45) is 0 Å². The van der Waals surface area contributed by atoms with Crippen molar-refractivity contribution in [1.82, 2.24) is 4.98 Å². The Hall–Kier alpha value is -2.66. The molecule has 0 fully saturated rings. The molecule has 27 heavy (non-hydrogen) atoms. The molecule has 0 bridgehead atoms. The summed E-state index contributed by atoms with van der Waals surface area (Å²) < 4.78 is 5.92. The molecule has 0 aliphatic carbocycles. The third-order valence-electron chi connectivity index (χ3n) is 4.51. The SMILES string of the molecule is Cc1ccc(C)c(OCc2nc(C)c(C(=O)Nc3ccc(C)c(C)c3)s2)c1. The van der Waals surface area contributed by atoms with Crippen molar-refractivity contribution < 1.29 is 9.53 Å². The molecule has 0 aliphatic heterocycles. The zero-order chi connectivity index (χ0) is 19.6. The Morgan fingerprint density at radius 2 is 1.74 bits per heavy atom. The van der Waals surface area contributed by atoms with Crippen molar-refractivity contribution in [3.63, 3.8) is 0 Å². The minimum atomic E-state index is -0.133. The van der Waals surface area contributed by atoms with Crippen LogP contribution in [-0.2, 0) is 6.61 Å². The van der Waals surface area contributed by atoms with Gasteiger partial charge in [0.15, 0.2) is 0 Å². The first-order valence-electron chi connectivity index (χ1n) is 8.88. The molecule has 140 valence electrons. The molecule has 4 nitrogen and oxygen atoms in total. The van der Waals surface area contributed by atoms with Crippen LogP contribution in [0.15, 0.2) is 36.4 Å². The van der Waals surface area contributed by atoms with Gasteiger partial charge in [-0.2, -0.15) is 0 Å². The molecule has 0 saturated heterocycles. The van der Waals surface area contributed by atoms with Crippen LogP contribution in [0, 0.1) is 34.6 Å². The van der Waals surface area contributed by atoms with Crippen molar-refractivity contribution >= 4 is 22.9 Å². The second-order valence-electron chi connectivity index (χ2n) is 6.83. The molecule has 0 unspecified atom stereocenters. The molecule has 0 radical (unpaired) electrons. The number of carbonyl (C=O) groups is 1. The smallest absolute Gasteiger partial charge is 0.267 e. The summed E-state index contributed by atoms with van der Waals surface area (Å²) >= 11 is 1.38. The molecule has 1 heterocycles. The zero-order valence-electron chi connectivity index (χ0n) is 16.3. The monoisotopic (exact) mass is 380 g/mol. The number of aromatic nitrogens is 1. The molecular weight excluding hydrogens is 356 g/mol. The summed E-state index contributed by atoms with van der Waals surface area (Å²) in [4.78, 5) is 17.8. The maximum Gasteiger partial charge on any atom is 0.267 e. The number of benzene rings is 2. The zero-order valence-corrected chi connectivity index (χ0v) is 17.2. The van der Waals surface area contributed by atoms with Crippen LogP contribution in [0.3, 0.4) is 0 Å². The molecule has 0 saturated carbocycles. The van der Waals surface area contributed by atoms with E-state index < -0.39 is 0 Å². The number of thiazole rings is 1. The van der Waals surface area contributed by atoms with E-state index in [-0.39, 0.29) is 5.91 Å². The van der Waals surface area contributed by atoms with Crippen molar-refractivity contribution in [3.8, 4) is 5.75 Å². The van der Waals surface area contributed by atoms with Crippen LogP contribution in [0.5, 0.6) is 5.75 Å². The summed E-state index contributed by atoms with van der Waals surface area (Å²) in [6.45, 7) is 10.3. The molecule has 2 aromatic carbocycles. The van der Waals surface area contributed by atoms with Crippen LogP contribution in [0.2, 0.25) is 0 Å². The lowest BCUT2D eigenvalue weighted by Gasteiger charge is -2.08. The van der Waals surface area contributed by atoms with E-state index in [1.165, 1.54) is 16.9 Å². The number of hydrogen-bond acceptors (Lipinski definition) is 4. The maximum atomic E-state index is 12.6. The van der Waals surface area contributed by atoms with Crippen LogP contribution in [0.4, 0.5) is 5.69 Å². The lowest BCUT2D eigenvalue weighted by Crippen LogP contribution is -2.11. The Kier molecular flexibility index (Phi) is 5.61. The summed E-state index contributed by atoms with van der Waals surface area (Å²) in [6, 6.07) is 12.0. The number of rotatable bonds is 5. The van der Waals surface area contributed by atoms with Gasteiger partial charge in [-0.05, 0) is 75.1 Å². The van der Waals surface area contributed by atoms with E-state index in [4.69, 9.17) is 4.74 Å². The molecule has 5 heteroatoms. The molecule has 0 spiro atoms. The second-order valence-corrected chi connectivity index (χ2v) is 7.92. The van der Waals surface area contributed by atoms with Gasteiger partial charge in [-0.15, -0.1) is 11.3 Å². The highest BCUT2D eigenvalue weighted by Crippen LogP contribution is 2.24. The van der Waals surface area contributed by atoms with Crippen LogP contribution >= 0.6 is 11.3 Å². The van der Waals surface area contributed by atoms with Crippen LogP contribution in [0.25, 0.3) is 0 Å². The number of carbonyl (C=O) groups excluding carboxylic acids is 1. The first-order chi connectivity index (χ1) is 12.8. The van der Waals surface area contributed by atoms with E-state index >= 15 is 0 Å². The Balaban J connectivity index is 1.70. The summed E-state index contributed by atoms with van der Waals surface area (Å²) in [6.07, 6.45) is 0. The topological polar surface area (TPSA) is 51.2 Å². The van der Waals surface area contributed by atoms with Gasteiger partial charge in [0.1, 0.15) is 22.2 Å². The largest absolute Gasteiger partial charge is 0.486 e. The Morgan fingerprint density at radius 3 is 2.48 bits per heavy atom. The van der Waals surface area contributed by atoms with Gasteiger partial charge in [0.2, 0.25) is 0 Å². The fourth-order valence-electron chi connectivity index (χ4n) is 2.73. The predicted octanol–water partition coefficient (Wildman–Crippen LogP) is 5.52. The van der Waals surface area contributed by atoms with Crippen molar-refractivity contribution in [1.29, 1.82) is 0 Å². The molecule has 1 aromatic heterocycles. The molecule has 3 aromatic rings. The second kappa shape index (κ2) is 7.92. The van der Waals surface area contributed by atoms with Crippen molar-refractivity contribution in [2.75, 3.05) is 5.32 Å². The number of amides is 1. The highest BCUT2D eigenvalue weighted by molar-refractivity contribution is 7.13. The van der Waals surface area contributed by atoms with Gasteiger partial charge >= 0.3 is 0 Å². The van der Waals surface area contributed by atoms with Crippen molar-refractivity contribution in [2.45, 2.75) is 41.2 Å². The van der Waals surface area contributed by atoms with Crippen LogP contribution in [-0.4, -0.2) is 10.9 Å². The lowest BCUT2D eigenvalue weighted by atomic mass is 10.1. The number of anilines is 1. The van der Waals surface area contributed by atoms with Crippen LogP contribution in [0.1, 0.15) is 42.6 Å². The number of nitrogens with one attached hydrogen (secondary N) is 1. The van der Waals surface area contributed by atoms with E-state index in [0.717, 1.165) is 38.8 Å². The highest BCUT2D eigenvalue weighted by Gasteiger charge is 2.16. The normalized spacial score (nSPS) is 10.7. The first-order valence-corrected chi connectivity index (χ1v) is 9.70. The third kappa shape index (κ3) is 4.55. The fraction of sp³-hybridized carbons (Fsp3) is 0.273. The molecular formula is C22H24N2O2S. The van der Waals surface area contributed by atoms with Gasteiger partial charge in [-0.1, -0.05) is 18.2 Å². The van der Waals surface area contributed by atoms with Gasteiger partial charge in [-0.3, -0.25) is 4.79 Å². The van der Waals surface area contributed by atoms with E-state index in [1.807, 2.05) is 58.0 Å². The minimum Gasteiger partial charge on any atom is -0.486 e.